The van der Waals surface area contributed by atoms with E-state index in [0.29, 0.717) is 11.1 Å². The summed E-state index contributed by atoms with van der Waals surface area (Å²) >= 11 is 3.41. The molecule has 1 N–H and O–H groups in total. The summed E-state index contributed by atoms with van der Waals surface area (Å²) in [6.45, 7) is 0. The first-order valence-electron chi connectivity index (χ1n) is 4.66. The number of fused-ring (bicyclic) bond motifs is 1. The molecule has 0 radical (unpaired) electrons. The van der Waals surface area contributed by atoms with E-state index in [1.165, 1.54) is 7.11 Å². The summed E-state index contributed by atoms with van der Waals surface area (Å²) in [5.74, 6) is -0.314. The number of nitrogens with zero attached hydrogens (tertiary/aromatic N) is 1. The molecule has 16 heavy (non-hydrogen) atoms. The largest absolute Gasteiger partial charge is 0.277 e. The van der Waals surface area contributed by atoms with Gasteiger partial charge in [-0.3, -0.25) is 14.6 Å². The highest BCUT2D eigenvalue weighted by Crippen LogP contribution is 2.18. The molecule has 0 aliphatic carbocycles. The van der Waals surface area contributed by atoms with Gasteiger partial charge in [0, 0.05) is 23.7 Å². The van der Waals surface area contributed by atoms with E-state index in [4.69, 9.17) is 0 Å². The Bertz CT molecular complexity index is 542. The predicted octanol–water partition coefficient (Wildman–Crippen LogP) is 0.896. The van der Waals surface area contributed by atoms with E-state index >= 15 is 0 Å². The molecule has 2 aromatic rings. The Morgan fingerprint density at radius 1 is 1.50 bits per heavy atom. The lowest BCUT2D eigenvalue weighted by atomic mass is 10.1. The predicted molar refractivity (Wildman–Crippen MR) is 64.6 cm³/mol. The number of benzene rings is 1. The number of hydrogen-bond acceptors (Lipinski definition) is 3. The SMILES string of the molecule is CONC(=O)c1cc([SH2+])cc2cccnc12. The number of amides is 1. The molecule has 0 saturated heterocycles. The number of hydrogen-bond donors (Lipinski definition) is 1. The molecule has 1 heterocycles. The van der Waals surface area contributed by atoms with Crippen molar-refractivity contribution >= 4 is 29.4 Å². The van der Waals surface area contributed by atoms with Gasteiger partial charge in [-0.2, -0.15) is 0 Å². The standard InChI is InChI=1S/C11H10N2O2S/c1-15-13-11(14)9-6-8(16)5-7-3-2-4-12-10(7)9/h2-6,16H,1H3,(H,13,14)/p+1. The van der Waals surface area contributed by atoms with Crippen LogP contribution in [-0.4, -0.2) is 18.0 Å². The summed E-state index contributed by atoms with van der Waals surface area (Å²) in [6, 6.07) is 7.34. The summed E-state index contributed by atoms with van der Waals surface area (Å²) in [7, 11) is 1.39. The zero-order valence-corrected chi connectivity index (χ0v) is 9.65. The van der Waals surface area contributed by atoms with Crippen molar-refractivity contribution in [2.24, 2.45) is 0 Å². The maximum atomic E-state index is 11.7. The van der Waals surface area contributed by atoms with E-state index in [-0.39, 0.29) is 5.91 Å². The molecule has 0 atom stereocenters. The van der Waals surface area contributed by atoms with Crippen molar-refractivity contribution in [3.63, 3.8) is 0 Å². The van der Waals surface area contributed by atoms with Gasteiger partial charge in [0.1, 0.15) is 0 Å². The Morgan fingerprint density at radius 3 is 3.06 bits per heavy atom. The van der Waals surface area contributed by atoms with E-state index in [1.807, 2.05) is 18.2 Å². The molecule has 0 aliphatic heterocycles. The van der Waals surface area contributed by atoms with Gasteiger partial charge in [-0.05, 0) is 18.7 Å². The summed E-state index contributed by atoms with van der Waals surface area (Å²) < 4.78 is 0. The normalized spacial score (nSPS) is 10.4. The highest BCUT2D eigenvalue weighted by molar-refractivity contribution is 7.58. The average molecular weight is 235 g/mol. The van der Waals surface area contributed by atoms with Gasteiger partial charge in [0.25, 0.3) is 5.91 Å². The van der Waals surface area contributed by atoms with E-state index in [9.17, 15) is 4.79 Å². The van der Waals surface area contributed by atoms with Crippen LogP contribution < -0.4 is 5.48 Å². The molecule has 82 valence electrons. The van der Waals surface area contributed by atoms with Gasteiger partial charge in [0.15, 0.2) is 4.90 Å². The number of aromatic nitrogens is 1. The Balaban J connectivity index is 2.63. The molecule has 4 nitrogen and oxygen atoms in total. The third-order valence-corrected chi connectivity index (χ3v) is 2.43. The smallest absolute Gasteiger partial charge is 0.277 e. The van der Waals surface area contributed by atoms with Crippen LogP contribution in [0.4, 0.5) is 0 Å². The summed E-state index contributed by atoms with van der Waals surface area (Å²) in [5.41, 5.74) is 3.41. The Kier molecular flexibility index (Phi) is 3.07. The molecule has 0 fully saturated rings. The first-order valence-corrected chi connectivity index (χ1v) is 5.16. The van der Waals surface area contributed by atoms with Crippen molar-refractivity contribution in [1.29, 1.82) is 0 Å². The number of hydroxylamine groups is 1. The minimum atomic E-state index is -0.314. The third kappa shape index (κ3) is 2.00. The molecule has 1 aromatic heterocycles. The molecular formula is C11H11N2O2S+. The van der Waals surface area contributed by atoms with Gasteiger partial charge in [-0.1, -0.05) is 6.07 Å². The zero-order valence-electron chi connectivity index (χ0n) is 8.65. The Hall–Kier alpha value is -1.59. The fraction of sp³-hybridized carbons (Fsp3) is 0.0909. The minimum absolute atomic E-state index is 0.314. The van der Waals surface area contributed by atoms with Crippen molar-refractivity contribution in [2.75, 3.05) is 7.11 Å². The molecule has 0 unspecified atom stereocenters. The second-order valence-electron chi connectivity index (χ2n) is 3.23. The molecular weight excluding hydrogens is 224 g/mol. The lowest BCUT2D eigenvalue weighted by Gasteiger charge is -2.04. The van der Waals surface area contributed by atoms with Gasteiger partial charge < -0.3 is 0 Å². The summed E-state index contributed by atoms with van der Waals surface area (Å²) in [4.78, 5) is 21.3. The van der Waals surface area contributed by atoms with Crippen LogP contribution in [0, 0.1) is 0 Å². The highest BCUT2D eigenvalue weighted by Gasteiger charge is 2.13. The van der Waals surface area contributed by atoms with E-state index in [0.717, 1.165) is 10.3 Å². The van der Waals surface area contributed by atoms with Gasteiger partial charge in [0.05, 0.1) is 18.2 Å². The monoisotopic (exact) mass is 235 g/mol. The zero-order chi connectivity index (χ0) is 11.5. The molecule has 0 bridgehead atoms. The van der Waals surface area contributed by atoms with E-state index in [2.05, 4.69) is 27.9 Å². The van der Waals surface area contributed by atoms with E-state index < -0.39 is 0 Å². The number of nitrogens with one attached hydrogen (secondary N) is 1. The Labute approximate surface area is 98.0 Å². The van der Waals surface area contributed by atoms with Crippen LogP contribution in [0.2, 0.25) is 0 Å². The van der Waals surface area contributed by atoms with Crippen molar-refractivity contribution < 1.29 is 9.63 Å². The molecule has 2 rings (SSSR count). The van der Waals surface area contributed by atoms with Crippen molar-refractivity contribution in [2.45, 2.75) is 4.90 Å². The van der Waals surface area contributed by atoms with Crippen LogP contribution in [0.15, 0.2) is 35.4 Å². The first-order chi connectivity index (χ1) is 7.72. The highest BCUT2D eigenvalue weighted by atomic mass is 32.1. The lowest BCUT2D eigenvalue weighted by molar-refractivity contribution is 0.0539. The molecule has 0 spiro atoms. The number of pyridine rings is 1. The van der Waals surface area contributed by atoms with Crippen LogP contribution >= 0.6 is 0 Å². The molecule has 1 aromatic carbocycles. The molecule has 5 heteroatoms. The molecule has 0 aliphatic rings. The van der Waals surface area contributed by atoms with Gasteiger partial charge >= 0.3 is 0 Å². The second kappa shape index (κ2) is 4.51. The van der Waals surface area contributed by atoms with Gasteiger partial charge in [0.2, 0.25) is 0 Å². The van der Waals surface area contributed by atoms with Gasteiger partial charge in [-0.25, -0.2) is 5.48 Å². The topological polar surface area (TPSA) is 51.2 Å². The third-order valence-electron chi connectivity index (χ3n) is 2.14. The maximum Gasteiger partial charge on any atom is 0.277 e. The Morgan fingerprint density at radius 2 is 2.31 bits per heavy atom. The fourth-order valence-corrected chi connectivity index (χ4v) is 1.81. The number of rotatable bonds is 2. The van der Waals surface area contributed by atoms with Crippen molar-refractivity contribution in [1.82, 2.24) is 10.5 Å². The van der Waals surface area contributed by atoms with Gasteiger partial charge in [-0.15, -0.1) is 0 Å². The van der Waals surface area contributed by atoms with Crippen molar-refractivity contribution in [3.8, 4) is 0 Å². The number of carbonyl (C=O) groups excluding carboxylic acids is 1. The van der Waals surface area contributed by atoms with Crippen LogP contribution in [-0.2, 0) is 17.5 Å². The summed E-state index contributed by atoms with van der Waals surface area (Å²) in [6.07, 6.45) is 1.65. The molecule has 0 saturated carbocycles. The van der Waals surface area contributed by atoms with Crippen LogP contribution in [0.1, 0.15) is 10.4 Å². The molecule has 1 amide bonds. The van der Waals surface area contributed by atoms with Crippen molar-refractivity contribution in [3.05, 3.63) is 36.0 Å². The first kappa shape index (κ1) is 10.9. The van der Waals surface area contributed by atoms with E-state index in [1.54, 1.807) is 12.3 Å². The lowest BCUT2D eigenvalue weighted by Crippen LogP contribution is -2.22. The number of carbonyl (C=O) groups is 1. The van der Waals surface area contributed by atoms with Crippen LogP contribution in [0.3, 0.4) is 0 Å². The fourth-order valence-electron chi connectivity index (χ4n) is 1.51. The average Bonchev–Trinajstić information content (AvgIpc) is 2.28. The maximum absolute atomic E-state index is 11.7. The summed E-state index contributed by atoms with van der Waals surface area (Å²) in [5, 5.41) is 0.899. The van der Waals surface area contributed by atoms with Crippen LogP contribution in [0.5, 0.6) is 0 Å². The second-order valence-corrected chi connectivity index (χ2v) is 3.81. The van der Waals surface area contributed by atoms with Crippen LogP contribution in [0.25, 0.3) is 10.9 Å². The quantitative estimate of drug-likeness (QED) is 0.621. The minimum Gasteiger partial charge on any atom is -0.277 e.